The van der Waals surface area contributed by atoms with E-state index in [-0.39, 0.29) is 18.1 Å². The third-order valence-electron chi connectivity index (χ3n) is 2.92. The number of hydrogen-bond donors (Lipinski definition) is 1. The van der Waals surface area contributed by atoms with Gasteiger partial charge in [-0.15, -0.1) is 0 Å². The molecule has 6 heteroatoms. The third-order valence-corrected chi connectivity index (χ3v) is 4.45. The average molecular weight is 323 g/mol. The maximum atomic E-state index is 12.8. The summed E-state index contributed by atoms with van der Waals surface area (Å²) in [4.78, 5) is 0. The second-order valence-corrected chi connectivity index (χ2v) is 6.77. The summed E-state index contributed by atoms with van der Waals surface area (Å²) < 4.78 is 44.3. The smallest absolute Gasteiger partial charge is 0.211 e. The largest absolute Gasteiger partial charge is 0.457 e. The Hall–Kier alpha value is -1.92. The van der Waals surface area contributed by atoms with Crippen molar-refractivity contribution in [3.05, 3.63) is 59.9 Å². The fourth-order valence-corrected chi connectivity index (χ4v) is 2.96. The molecular formula is C16H18FNO3S. The topological polar surface area (TPSA) is 55.4 Å². The van der Waals surface area contributed by atoms with Gasteiger partial charge in [-0.1, -0.05) is 19.1 Å². The molecule has 118 valence electrons. The Morgan fingerprint density at radius 1 is 1.09 bits per heavy atom. The van der Waals surface area contributed by atoms with Gasteiger partial charge in [-0.2, -0.15) is 0 Å². The average Bonchev–Trinajstić information content (AvgIpc) is 2.48. The lowest BCUT2D eigenvalue weighted by Crippen LogP contribution is -2.25. The highest BCUT2D eigenvalue weighted by atomic mass is 32.2. The third kappa shape index (κ3) is 5.13. The Kier molecular flexibility index (Phi) is 5.51. The molecule has 0 heterocycles. The number of halogens is 1. The summed E-state index contributed by atoms with van der Waals surface area (Å²) in [5.74, 6) is 0.869. The molecular weight excluding hydrogens is 305 g/mol. The summed E-state index contributed by atoms with van der Waals surface area (Å²) >= 11 is 0. The van der Waals surface area contributed by atoms with E-state index in [4.69, 9.17) is 4.74 Å². The van der Waals surface area contributed by atoms with Crippen molar-refractivity contribution in [3.8, 4) is 11.5 Å². The number of nitrogens with one attached hydrogen (secondary N) is 1. The molecule has 0 saturated carbocycles. The van der Waals surface area contributed by atoms with Crippen molar-refractivity contribution in [2.24, 2.45) is 0 Å². The molecule has 1 N–H and O–H groups in total. The zero-order valence-corrected chi connectivity index (χ0v) is 13.1. The van der Waals surface area contributed by atoms with Gasteiger partial charge in [0.1, 0.15) is 17.3 Å². The summed E-state index contributed by atoms with van der Waals surface area (Å²) in [6, 6.07) is 12.8. The quantitative estimate of drug-likeness (QED) is 0.849. The fourth-order valence-electron chi connectivity index (χ4n) is 1.89. The number of rotatable bonds is 7. The number of benzene rings is 2. The molecule has 0 atom stereocenters. The fraction of sp³-hybridized carbons (Fsp3) is 0.250. The van der Waals surface area contributed by atoms with Crippen LogP contribution in [0, 0.1) is 5.82 Å². The Balaban J connectivity index is 2.02. The normalized spacial score (nSPS) is 11.4. The maximum absolute atomic E-state index is 12.8. The summed E-state index contributed by atoms with van der Waals surface area (Å²) in [7, 11) is -3.24. The van der Waals surface area contributed by atoms with Crippen LogP contribution in [0.5, 0.6) is 11.5 Å². The summed E-state index contributed by atoms with van der Waals surface area (Å²) in [6.07, 6.45) is 0.572. The van der Waals surface area contributed by atoms with E-state index in [1.807, 2.05) is 13.0 Å². The molecule has 0 aliphatic heterocycles. The minimum absolute atomic E-state index is 0.110. The zero-order chi connectivity index (χ0) is 16.0. The van der Waals surface area contributed by atoms with E-state index >= 15 is 0 Å². The van der Waals surface area contributed by atoms with Gasteiger partial charge in [0, 0.05) is 6.54 Å². The standard InChI is InChI=1S/C16H18FNO3S/c1-2-10-22(19,20)18-12-13-4-3-5-16(11-13)21-15-8-6-14(17)7-9-15/h3-9,11,18H,2,10,12H2,1H3. The molecule has 0 unspecified atom stereocenters. The van der Waals surface area contributed by atoms with Gasteiger partial charge < -0.3 is 4.74 Å². The van der Waals surface area contributed by atoms with Crippen LogP contribution in [0.4, 0.5) is 4.39 Å². The highest BCUT2D eigenvalue weighted by Crippen LogP contribution is 2.22. The summed E-state index contributed by atoms with van der Waals surface area (Å²) in [6.45, 7) is 2.03. The van der Waals surface area contributed by atoms with Crippen molar-refractivity contribution < 1.29 is 17.5 Å². The predicted molar refractivity (Wildman–Crippen MR) is 83.8 cm³/mol. The molecule has 0 amide bonds. The van der Waals surface area contributed by atoms with Crippen molar-refractivity contribution in [2.75, 3.05) is 5.75 Å². The van der Waals surface area contributed by atoms with Crippen molar-refractivity contribution in [1.29, 1.82) is 0 Å². The van der Waals surface area contributed by atoms with Crippen LogP contribution in [0.25, 0.3) is 0 Å². The van der Waals surface area contributed by atoms with Crippen LogP contribution >= 0.6 is 0 Å². The molecule has 2 aromatic carbocycles. The highest BCUT2D eigenvalue weighted by Gasteiger charge is 2.08. The first kappa shape index (κ1) is 16.5. The first-order valence-electron chi connectivity index (χ1n) is 6.98. The van der Waals surface area contributed by atoms with Crippen molar-refractivity contribution in [2.45, 2.75) is 19.9 Å². The lowest BCUT2D eigenvalue weighted by atomic mass is 10.2. The predicted octanol–water partition coefficient (Wildman–Crippen LogP) is 3.45. The summed E-state index contributed by atoms with van der Waals surface area (Å²) in [5.41, 5.74) is 0.791. The van der Waals surface area contributed by atoms with Crippen LogP contribution in [-0.4, -0.2) is 14.2 Å². The highest BCUT2D eigenvalue weighted by molar-refractivity contribution is 7.89. The minimum Gasteiger partial charge on any atom is -0.457 e. The Labute approximate surface area is 130 Å². The van der Waals surface area contributed by atoms with Crippen molar-refractivity contribution in [3.63, 3.8) is 0 Å². The number of sulfonamides is 1. The van der Waals surface area contributed by atoms with Gasteiger partial charge in [-0.25, -0.2) is 17.5 Å². The molecule has 0 spiro atoms. The minimum atomic E-state index is -3.24. The molecule has 0 aromatic heterocycles. The lowest BCUT2D eigenvalue weighted by Gasteiger charge is -2.09. The molecule has 0 fully saturated rings. The molecule has 0 aliphatic carbocycles. The second kappa shape index (κ2) is 7.38. The van der Waals surface area contributed by atoms with E-state index in [1.165, 1.54) is 24.3 Å². The number of hydrogen-bond acceptors (Lipinski definition) is 3. The molecule has 0 radical (unpaired) electrons. The van der Waals surface area contributed by atoms with Crippen LogP contribution < -0.4 is 9.46 Å². The van der Waals surface area contributed by atoms with Gasteiger partial charge in [0.25, 0.3) is 0 Å². The van der Waals surface area contributed by atoms with E-state index in [0.29, 0.717) is 17.9 Å². The molecule has 4 nitrogen and oxygen atoms in total. The van der Waals surface area contributed by atoms with Gasteiger partial charge in [0.05, 0.1) is 5.75 Å². The zero-order valence-electron chi connectivity index (χ0n) is 12.3. The first-order chi connectivity index (χ1) is 10.5. The van der Waals surface area contributed by atoms with Crippen LogP contribution in [0.1, 0.15) is 18.9 Å². The molecule has 22 heavy (non-hydrogen) atoms. The van der Waals surface area contributed by atoms with Crippen LogP contribution in [0.2, 0.25) is 0 Å². The van der Waals surface area contributed by atoms with E-state index in [9.17, 15) is 12.8 Å². The van der Waals surface area contributed by atoms with Crippen LogP contribution in [-0.2, 0) is 16.6 Å². The van der Waals surface area contributed by atoms with Crippen molar-refractivity contribution in [1.82, 2.24) is 4.72 Å². The molecule has 0 aliphatic rings. The first-order valence-corrected chi connectivity index (χ1v) is 8.63. The lowest BCUT2D eigenvalue weighted by molar-refractivity contribution is 0.479. The Bertz CT molecular complexity index is 714. The van der Waals surface area contributed by atoms with Gasteiger partial charge in [-0.05, 0) is 48.4 Å². The van der Waals surface area contributed by atoms with E-state index < -0.39 is 10.0 Å². The van der Waals surface area contributed by atoms with Crippen molar-refractivity contribution >= 4 is 10.0 Å². The van der Waals surface area contributed by atoms with Gasteiger partial charge >= 0.3 is 0 Å². The second-order valence-electron chi connectivity index (χ2n) is 4.84. The van der Waals surface area contributed by atoms with Gasteiger partial charge in [0.2, 0.25) is 10.0 Å². The molecule has 2 aromatic rings. The maximum Gasteiger partial charge on any atom is 0.211 e. The molecule has 0 saturated heterocycles. The van der Waals surface area contributed by atoms with Gasteiger partial charge in [-0.3, -0.25) is 0 Å². The SMILES string of the molecule is CCCS(=O)(=O)NCc1cccc(Oc2ccc(F)cc2)c1. The molecule has 0 bridgehead atoms. The summed E-state index contributed by atoms with van der Waals surface area (Å²) in [5, 5.41) is 0. The van der Waals surface area contributed by atoms with Gasteiger partial charge in [0.15, 0.2) is 0 Å². The Morgan fingerprint density at radius 2 is 1.82 bits per heavy atom. The van der Waals surface area contributed by atoms with E-state index in [2.05, 4.69) is 4.72 Å². The van der Waals surface area contributed by atoms with E-state index in [1.54, 1.807) is 18.2 Å². The van der Waals surface area contributed by atoms with Crippen LogP contribution in [0.15, 0.2) is 48.5 Å². The number of ether oxygens (including phenoxy) is 1. The Morgan fingerprint density at radius 3 is 2.50 bits per heavy atom. The molecule has 2 rings (SSSR count). The van der Waals surface area contributed by atoms with E-state index in [0.717, 1.165) is 5.56 Å². The van der Waals surface area contributed by atoms with Crippen LogP contribution in [0.3, 0.4) is 0 Å². The monoisotopic (exact) mass is 323 g/mol.